The Morgan fingerprint density at radius 2 is 2.18 bits per heavy atom. The number of hydrogen-bond acceptors (Lipinski definition) is 9. The van der Waals surface area contributed by atoms with Crippen LogP contribution in [0.4, 0.5) is 0 Å². The molecule has 3 rings (SSSR count). The molecule has 1 fully saturated rings. The number of aliphatic carboxylic acids is 1. The Morgan fingerprint density at radius 1 is 1.43 bits per heavy atom. The highest BCUT2D eigenvalue weighted by molar-refractivity contribution is 8.00. The first-order valence-corrected chi connectivity index (χ1v) is 9.50. The molecule has 0 aliphatic carbocycles. The van der Waals surface area contributed by atoms with Crippen molar-refractivity contribution in [1.82, 2.24) is 20.4 Å². The molecule has 0 unspecified atom stereocenters. The maximum atomic E-state index is 12.5. The zero-order valence-electron chi connectivity index (χ0n) is 15.1. The van der Waals surface area contributed by atoms with Crippen LogP contribution in [0, 0.1) is 0 Å². The van der Waals surface area contributed by atoms with Crippen LogP contribution >= 0.6 is 11.8 Å². The number of ether oxygens (including phenoxy) is 1. The van der Waals surface area contributed by atoms with Gasteiger partial charge in [-0.25, -0.2) is 4.79 Å². The molecule has 28 heavy (non-hydrogen) atoms. The summed E-state index contributed by atoms with van der Waals surface area (Å²) < 4.78 is 9.82. The average Bonchev–Trinajstić information content (AvgIpc) is 3.10. The Labute approximate surface area is 163 Å². The fourth-order valence-electron chi connectivity index (χ4n) is 2.85. The Hall–Kier alpha value is -2.89. The monoisotopic (exact) mass is 410 g/mol. The first-order valence-electron chi connectivity index (χ1n) is 8.46. The molecule has 1 saturated heterocycles. The van der Waals surface area contributed by atoms with Crippen LogP contribution in [0.25, 0.3) is 0 Å². The standard InChI is InChI=1S/C16H18N4O7S/c1-3-9-17-11(27-19-9)4-10(22)18-12-14(23)20-13(16(24)25)8(5-26-7(2)21)6-28-15(12)20/h12,15H,3-6H2,1-2H3,(H,18,22)(H,24,25)/t12-,15-/m1/s1. The number of amides is 2. The van der Waals surface area contributed by atoms with Crippen LogP contribution in [0.5, 0.6) is 0 Å². The second kappa shape index (κ2) is 8.00. The molecule has 12 heteroatoms. The van der Waals surface area contributed by atoms with Gasteiger partial charge in [-0.3, -0.25) is 19.3 Å². The van der Waals surface area contributed by atoms with Crippen molar-refractivity contribution in [2.24, 2.45) is 0 Å². The summed E-state index contributed by atoms with van der Waals surface area (Å²) in [7, 11) is 0. The number of fused-ring (bicyclic) bond motifs is 1. The summed E-state index contributed by atoms with van der Waals surface area (Å²) >= 11 is 1.29. The second-order valence-corrected chi connectivity index (χ2v) is 7.23. The molecule has 3 heterocycles. The molecular weight excluding hydrogens is 392 g/mol. The Bertz CT molecular complexity index is 865. The van der Waals surface area contributed by atoms with Gasteiger partial charge in [0.1, 0.15) is 30.1 Å². The smallest absolute Gasteiger partial charge is 0.352 e. The summed E-state index contributed by atoms with van der Waals surface area (Å²) in [4.78, 5) is 52.4. The van der Waals surface area contributed by atoms with Crippen LogP contribution in [0.3, 0.4) is 0 Å². The Kier molecular flexibility index (Phi) is 5.68. The minimum absolute atomic E-state index is 0.143. The second-order valence-electron chi connectivity index (χ2n) is 6.13. The van der Waals surface area contributed by atoms with E-state index in [0.29, 0.717) is 17.8 Å². The third-order valence-corrected chi connectivity index (χ3v) is 5.49. The van der Waals surface area contributed by atoms with E-state index in [1.807, 2.05) is 6.92 Å². The van der Waals surface area contributed by atoms with E-state index in [9.17, 15) is 24.3 Å². The van der Waals surface area contributed by atoms with E-state index in [4.69, 9.17) is 9.26 Å². The minimum atomic E-state index is -1.29. The lowest BCUT2D eigenvalue weighted by atomic mass is 10.0. The molecule has 11 nitrogen and oxygen atoms in total. The van der Waals surface area contributed by atoms with Gasteiger partial charge in [-0.1, -0.05) is 12.1 Å². The normalized spacial score (nSPS) is 21.1. The predicted molar refractivity (Wildman–Crippen MR) is 93.7 cm³/mol. The van der Waals surface area contributed by atoms with Crippen molar-refractivity contribution >= 4 is 35.5 Å². The van der Waals surface area contributed by atoms with Crippen molar-refractivity contribution in [3.05, 3.63) is 23.0 Å². The number of esters is 1. The van der Waals surface area contributed by atoms with Crippen molar-refractivity contribution in [1.29, 1.82) is 0 Å². The molecule has 0 bridgehead atoms. The summed E-state index contributed by atoms with van der Waals surface area (Å²) in [6.07, 6.45) is 0.396. The molecule has 0 spiro atoms. The summed E-state index contributed by atoms with van der Waals surface area (Å²) in [5.74, 6) is -1.96. The van der Waals surface area contributed by atoms with E-state index in [2.05, 4.69) is 15.5 Å². The third-order valence-electron chi connectivity index (χ3n) is 4.15. The van der Waals surface area contributed by atoms with E-state index < -0.39 is 35.2 Å². The van der Waals surface area contributed by atoms with Crippen LogP contribution < -0.4 is 5.32 Å². The molecule has 0 aromatic carbocycles. The largest absolute Gasteiger partial charge is 0.477 e. The lowest BCUT2D eigenvalue weighted by Gasteiger charge is -2.49. The SMILES string of the molecule is CCc1noc(CC(=O)N[C@@H]2C(=O)N3C(C(=O)O)=C(COC(C)=O)CS[C@H]23)n1. The highest BCUT2D eigenvalue weighted by Crippen LogP contribution is 2.40. The van der Waals surface area contributed by atoms with Gasteiger partial charge in [0.15, 0.2) is 5.82 Å². The highest BCUT2D eigenvalue weighted by atomic mass is 32.2. The van der Waals surface area contributed by atoms with Gasteiger partial charge in [0.25, 0.3) is 5.91 Å². The maximum Gasteiger partial charge on any atom is 0.352 e. The van der Waals surface area contributed by atoms with Crippen molar-refractivity contribution in [2.75, 3.05) is 12.4 Å². The van der Waals surface area contributed by atoms with E-state index in [-0.39, 0.29) is 30.4 Å². The number of nitrogens with one attached hydrogen (secondary N) is 1. The summed E-state index contributed by atoms with van der Waals surface area (Å²) in [5, 5.41) is 15.2. The molecule has 0 saturated carbocycles. The number of nitrogens with zero attached hydrogens (tertiary/aromatic N) is 3. The average molecular weight is 410 g/mol. The number of aromatic nitrogens is 2. The van der Waals surface area contributed by atoms with E-state index in [1.54, 1.807) is 0 Å². The van der Waals surface area contributed by atoms with Crippen molar-refractivity contribution in [2.45, 2.75) is 38.1 Å². The third kappa shape index (κ3) is 3.86. The van der Waals surface area contributed by atoms with Gasteiger partial charge in [0.2, 0.25) is 11.8 Å². The number of carbonyl (C=O) groups excluding carboxylic acids is 3. The Balaban J connectivity index is 1.66. The van der Waals surface area contributed by atoms with Crippen LogP contribution in [-0.4, -0.2) is 67.7 Å². The zero-order valence-corrected chi connectivity index (χ0v) is 15.9. The highest BCUT2D eigenvalue weighted by Gasteiger charge is 2.54. The van der Waals surface area contributed by atoms with Gasteiger partial charge < -0.3 is 19.7 Å². The van der Waals surface area contributed by atoms with E-state index in [0.717, 1.165) is 4.90 Å². The molecule has 2 atom stereocenters. The minimum Gasteiger partial charge on any atom is -0.477 e. The predicted octanol–water partition coefficient (Wildman–Crippen LogP) is -0.524. The maximum absolute atomic E-state index is 12.5. The quantitative estimate of drug-likeness (QED) is 0.443. The summed E-state index contributed by atoms with van der Waals surface area (Å²) in [6, 6.07) is -0.851. The summed E-state index contributed by atoms with van der Waals surface area (Å²) in [5.41, 5.74) is 0.130. The fraction of sp³-hybridized carbons (Fsp3) is 0.500. The number of rotatable bonds is 7. The molecule has 2 N–H and O–H groups in total. The van der Waals surface area contributed by atoms with Gasteiger partial charge in [0.05, 0.1) is 0 Å². The first kappa shape index (κ1) is 19.9. The van der Waals surface area contributed by atoms with Crippen molar-refractivity contribution < 1.29 is 33.5 Å². The number of thioether (sulfide) groups is 1. The van der Waals surface area contributed by atoms with Crippen LogP contribution in [0.1, 0.15) is 25.6 Å². The number of β-lactam (4-membered cyclic amide) rings is 1. The van der Waals surface area contributed by atoms with Gasteiger partial charge in [-0.15, -0.1) is 11.8 Å². The first-order chi connectivity index (χ1) is 13.3. The van der Waals surface area contributed by atoms with Crippen LogP contribution in [0.2, 0.25) is 0 Å². The van der Waals surface area contributed by atoms with Gasteiger partial charge in [-0.05, 0) is 0 Å². The molecular formula is C16H18N4O7S. The molecule has 0 radical (unpaired) electrons. The Morgan fingerprint density at radius 3 is 2.79 bits per heavy atom. The van der Waals surface area contributed by atoms with Gasteiger partial charge in [-0.2, -0.15) is 4.98 Å². The van der Waals surface area contributed by atoms with Crippen LogP contribution in [0.15, 0.2) is 15.8 Å². The fourth-order valence-corrected chi connectivity index (χ4v) is 4.18. The van der Waals surface area contributed by atoms with Gasteiger partial charge >= 0.3 is 11.9 Å². The molecule has 150 valence electrons. The molecule has 1 aromatic rings. The number of hydrogen-bond donors (Lipinski definition) is 2. The zero-order chi connectivity index (χ0) is 20.4. The summed E-state index contributed by atoms with van der Waals surface area (Å²) in [6.45, 7) is 2.86. The van der Waals surface area contributed by atoms with Crippen molar-refractivity contribution in [3.8, 4) is 0 Å². The lowest BCUT2D eigenvalue weighted by molar-refractivity contribution is -0.151. The number of carboxylic acids is 1. The molecule has 1 aromatic heterocycles. The topological polar surface area (TPSA) is 152 Å². The van der Waals surface area contributed by atoms with E-state index in [1.165, 1.54) is 18.7 Å². The molecule has 2 amide bonds. The lowest BCUT2D eigenvalue weighted by Crippen LogP contribution is -2.70. The van der Waals surface area contributed by atoms with Crippen LogP contribution in [-0.2, 0) is 36.8 Å². The number of carbonyl (C=O) groups is 4. The van der Waals surface area contributed by atoms with E-state index >= 15 is 0 Å². The van der Waals surface area contributed by atoms with Crippen molar-refractivity contribution in [3.63, 3.8) is 0 Å². The molecule has 2 aliphatic rings. The van der Waals surface area contributed by atoms with Gasteiger partial charge in [0, 0.05) is 24.7 Å². The number of carboxylic acid groups (broad SMARTS) is 1. The molecule has 2 aliphatic heterocycles. The number of aryl methyl sites for hydroxylation is 1.